The highest BCUT2D eigenvalue weighted by Gasteiger charge is 1.99. The molecule has 0 saturated carbocycles. The fourth-order valence-corrected chi connectivity index (χ4v) is 0.829. The Labute approximate surface area is 72.2 Å². The average molecular weight is 163 g/mol. The molecule has 0 aliphatic rings. The van der Waals surface area contributed by atoms with Crippen LogP contribution in [0.5, 0.6) is 0 Å². The van der Waals surface area contributed by atoms with Gasteiger partial charge in [-0.25, -0.2) is 0 Å². The SMILES string of the molecule is CC([C]=O)OCc1ccccc1. The van der Waals surface area contributed by atoms with Crippen LogP contribution in [0, 0.1) is 0 Å². The van der Waals surface area contributed by atoms with Gasteiger partial charge in [-0.2, -0.15) is 0 Å². The van der Waals surface area contributed by atoms with Crippen molar-refractivity contribution in [3.8, 4) is 0 Å². The summed E-state index contributed by atoms with van der Waals surface area (Å²) in [5.41, 5.74) is 1.07. The number of carbonyl (C=O) groups excluding carboxylic acids is 1. The molecule has 1 atom stereocenters. The first-order valence-corrected chi connectivity index (χ1v) is 3.86. The van der Waals surface area contributed by atoms with Gasteiger partial charge < -0.3 is 4.74 Å². The molecule has 2 nitrogen and oxygen atoms in total. The van der Waals surface area contributed by atoms with Crippen molar-refractivity contribution >= 4 is 6.29 Å². The van der Waals surface area contributed by atoms with Crippen LogP contribution >= 0.6 is 0 Å². The van der Waals surface area contributed by atoms with Gasteiger partial charge in [0.2, 0.25) is 6.29 Å². The Bertz CT molecular complexity index is 231. The van der Waals surface area contributed by atoms with E-state index in [0.717, 1.165) is 5.56 Å². The number of hydrogen-bond donors (Lipinski definition) is 0. The Hall–Kier alpha value is -1.15. The summed E-state index contributed by atoms with van der Waals surface area (Å²) in [6.45, 7) is 2.15. The highest BCUT2D eigenvalue weighted by Crippen LogP contribution is 2.01. The van der Waals surface area contributed by atoms with Crippen molar-refractivity contribution in [2.24, 2.45) is 0 Å². The molecule has 0 bridgehead atoms. The van der Waals surface area contributed by atoms with Crippen molar-refractivity contribution in [2.45, 2.75) is 19.6 Å². The van der Waals surface area contributed by atoms with Gasteiger partial charge in [0.15, 0.2) is 0 Å². The second-order valence-corrected chi connectivity index (χ2v) is 2.56. The molecule has 0 N–H and O–H groups in total. The molecular formula is C10H11O2. The lowest BCUT2D eigenvalue weighted by atomic mass is 10.2. The summed E-state index contributed by atoms with van der Waals surface area (Å²) in [5, 5.41) is 0. The fourth-order valence-electron chi connectivity index (χ4n) is 0.829. The van der Waals surface area contributed by atoms with Gasteiger partial charge in [0, 0.05) is 0 Å². The first kappa shape index (κ1) is 8.94. The first-order valence-electron chi connectivity index (χ1n) is 3.86. The van der Waals surface area contributed by atoms with Crippen LogP contribution in [0.4, 0.5) is 0 Å². The lowest BCUT2D eigenvalue weighted by Crippen LogP contribution is -2.08. The Kier molecular flexibility index (Phi) is 3.48. The predicted molar refractivity (Wildman–Crippen MR) is 46.4 cm³/mol. The fraction of sp³-hybridized carbons (Fsp3) is 0.300. The van der Waals surface area contributed by atoms with Gasteiger partial charge in [-0.05, 0) is 12.5 Å². The molecule has 1 unspecified atom stereocenters. The van der Waals surface area contributed by atoms with E-state index in [2.05, 4.69) is 0 Å². The summed E-state index contributed by atoms with van der Waals surface area (Å²) in [6.07, 6.45) is 1.32. The topological polar surface area (TPSA) is 26.3 Å². The molecule has 0 heterocycles. The second kappa shape index (κ2) is 4.67. The molecular weight excluding hydrogens is 152 g/mol. The Morgan fingerprint density at radius 3 is 2.67 bits per heavy atom. The van der Waals surface area contributed by atoms with Crippen LogP contribution in [0.2, 0.25) is 0 Å². The van der Waals surface area contributed by atoms with E-state index in [9.17, 15) is 4.79 Å². The van der Waals surface area contributed by atoms with Crippen molar-refractivity contribution in [3.05, 3.63) is 35.9 Å². The van der Waals surface area contributed by atoms with Crippen LogP contribution in [0.25, 0.3) is 0 Å². The molecule has 1 aromatic carbocycles. The normalized spacial score (nSPS) is 12.4. The van der Waals surface area contributed by atoms with Crippen LogP contribution in [-0.4, -0.2) is 12.4 Å². The number of benzene rings is 1. The van der Waals surface area contributed by atoms with Crippen molar-refractivity contribution in [3.63, 3.8) is 0 Å². The van der Waals surface area contributed by atoms with Crippen LogP contribution in [-0.2, 0) is 16.1 Å². The summed E-state index contributed by atoms with van der Waals surface area (Å²) in [4.78, 5) is 10.1. The standard InChI is InChI=1S/C10H11O2/c1-9(7-11)12-8-10-5-3-2-4-6-10/h2-6,9H,8H2,1H3. The van der Waals surface area contributed by atoms with E-state index in [0.29, 0.717) is 6.61 Å². The molecule has 0 saturated heterocycles. The minimum absolute atomic E-state index is 0.440. The minimum atomic E-state index is -0.440. The Morgan fingerprint density at radius 2 is 2.08 bits per heavy atom. The maximum Gasteiger partial charge on any atom is 0.229 e. The summed E-state index contributed by atoms with van der Waals surface area (Å²) < 4.78 is 5.15. The largest absolute Gasteiger partial charge is 0.366 e. The summed E-state index contributed by atoms with van der Waals surface area (Å²) in [6, 6.07) is 9.73. The molecule has 0 aromatic heterocycles. The van der Waals surface area contributed by atoms with E-state index in [1.165, 1.54) is 0 Å². The molecule has 0 amide bonds. The maximum absolute atomic E-state index is 10.1. The van der Waals surface area contributed by atoms with Gasteiger partial charge in [-0.3, -0.25) is 4.79 Å². The van der Waals surface area contributed by atoms with Gasteiger partial charge in [-0.1, -0.05) is 30.3 Å². The third kappa shape index (κ3) is 2.84. The van der Waals surface area contributed by atoms with Crippen molar-refractivity contribution in [1.82, 2.24) is 0 Å². The van der Waals surface area contributed by atoms with Crippen LogP contribution in [0.15, 0.2) is 30.3 Å². The third-order valence-electron chi connectivity index (χ3n) is 1.51. The summed E-state index contributed by atoms with van der Waals surface area (Å²) in [5.74, 6) is 0. The molecule has 1 aromatic rings. The van der Waals surface area contributed by atoms with Gasteiger partial charge >= 0.3 is 0 Å². The highest BCUT2D eigenvalue weighted by atomic mass is 16.5. The van der Waals surface area contributed by atoms with Gasteiger partial charge in [0.05, 0.1) is 6.61 Å². The third-order valence-corrected chi connectivity index (χ3v) is 1.51. The monoisotopic (exact) mass is 163 g/mol. The van der Waals surface area contributed by atoms with E-state index in [4.69, 9.17) is 4.74 Å². The zero-order chi connectivity index (χ0) is 8.81. The predicted octanol–water partition coefficient (Wildman–Crippen LogP) is 1.70. The van der Waals surface area contributed by atoms with E-state index in [1.54, 1.807) is 13.2 Å². The highest BCUT2D eigenvalue weighted by molar-refractivity contribution is 5.56. The van der Waals surface area contributed by atoms with Crippen LogP contribution in [0.3, 0.4) is 0 Å². The maximum atomic E-state index is 10.1. The number of rotatable bonds is 4. The summed E-state index contributed by atoms with van der Waals surface area (Å²) in [7, 11) is 0. The molecule has 0 spiro atoms. The van der Waals surface area contributed by atoms with E-state index < -0.39 is 6.10 Å². The Balaban J connectivity index is 2.38. The lowest BCUT2D eigenvalue weighted by molar-refractivity contribution is 0.0940. The van der Waals surface area contributed by atoms with Gasteiger partial charge in [-0.15, -0.1) is 0 Å². The van der Waals surface area contributed by atoms with Crippen LogP contribution in [0.1, 0.15) is 12.5 Å². The molecule has 1 rings (SSSR count). The molecule has 2 heteroatoms. The molecule has 12 heavy (non-hydrogen) atoms. The van der Waals surface area contributed by atoms with Crippen molar-refractivity contribution in [1.29, 1.82) is 0 Å². The molecule has 0 fully saturated rings. The van der Waals surface area contributed by atoms with Crippen molar-refractivity contribution < 1.29 is 9.53 Å². The summed E-state index contributed by atoms with van der Waals surface area (Å²) >= 11 is 0. The number of ether oxygens (including phenoxy) is 1. The second-order valence-electron chi connectivity index (χ2n) is 2.56. The zero-order valence-corrected chi connectivity index (χ0v) is 6.99. The molecule has 1 radical (unpaired) electrons. The quantitative estimate of drug-likeness (QED) is 0.675. The van der Waals surface area contributed by atoms with Crippen LogP contribution < -0.4 is 0 Å². The van der Waals surface area contributed by atoms with E-state index in [1.807, 2.05) is 30.3 Å². The lowest BCUT2D eigenvalue weighted by Gasteiger charge is -2.04. The smallest absolute Gasteiger partial charge is 0.229 e. The molecule has 0 aliphatic heterocycles. The molecule has 63 valence electrons. The van der Waals surface area contributed by atoms with Gasteiger partial charge in [0.1, 0.15) is 6.10 Å². The van der Waals surface area contributed by atoms with E-state index in [-0.39, 0.29) is 0 Å². The number of hydrogen-bond acceptors (Lipinski definition) is 2. The zero-order valence-electron chi connectivity index (χ0n) is 6.99. The average Bonchev–Trinajstić information content (AvgIpc) is 2.16. The Morgan fingerprint density at radius 1 is 1.42 bits per heavy atom. The van der Waals surface area contributed by atoms with Gasteiger partial charge in [0.25, 0.3) is 0 Å². The minimum Gasteiger partial charge on any atom is -0.366 e. The first-order chi connectivity index (χ1) is 5.83. The van der Waals surface area contributed by atoms with Crippen molar-refractivity contribution in [2.75, 3.05) is 0 Å². The molecule has 0 aliphatic carbocycles. The van der Waals surface area contributed by atoms with E-state index >= 15 is 0 Å².